The van der Waals surface area contributed by atoms with Crippen LogP contribution in [0.2, 0.25) is 5.02 Å². The molecule has 0 unspecified atom stereocenters. The molecule has 0 saturated carbocycles. The first kappa shape index (κ1) is 14.6. The number of hydrogen-bond donors (Lipinski definition) is 1. The number of carboxylic acids is 1. The molecule has 1 heterocycles. The van der Waals surface area contributed by atoms with E-state index < -0.39 is 5.97 Å². The predicted octanol–water partition coefficient (Wildman–Crippen LogP) is 1.28. The highest BCUT2D eigenvalue weighted by molar-refractivity contribution is 6.32. The molecule has 0 bridgehead atoms. The summed E-state index contributed by atoms with van der Waals surface area (Å²) in [6.07, 6.45) is 0. The van der Waals surface area contributed by atoms with Crippen molar-refractivity contribution in [3.63, 3.8) is 0 Å². The standard InChI is InChI=1S/C13H14ClNO5/c14-10-7-9(13(17)18)1-2-11(10)20-8-12(16)15-3-5-19-6-4-15/h1-2,7H,3-6,8H2,(H,17,18). The van der Waals surface area contributed by atoms with Crippen molar-refractivity contribution in [1.29, 1.82) is 0 Å². The average molecular weight is 300 g/mol. The third kappa shape index (κ3) is 3.61. The molecule has 0 spiro atoms. The van der Waals surface area contributed by atoms with Crippen LogP contribution < -0.4 is 4.74 Å². The fourth-order valence-electron chi connectivity index (χ4n) is 1.79. The molecule has 7 heteroatoms. The maximum atomic E-state index is 11.9. The molecule has 1 saturated heterocycles. The molecule has 0 radical (unpaired) electrons. The monoisotopic (exact) mass is 299 g/mol. The van der Waals surface area contributed by atoms with Gasteiger partial charge < -0.3 is 19.5 Å². The Morgan fingerprint density at radius 1 is 1.35 bits per heavy atom. The van der Waals surface area contributed by atoms with Gasteiger partial charge >= 0.3 is 5.97 Å². The minimum absolute atomic E-state index is 0.0712. The van der Waals surface area contributed by atoms with Crippen molar-refractivity contribution >= 4 is 23.5 Å². The predicted molar refractivity (Wildman–Crippen MR) is 71.3 cm³/mol. The molecular formula is C13H14ClNO5. The molecule has 1 amide bonds. The van der Waals surface area contributed by atoms with Gasteiger partial charge in [-0.3, -0.25) is 4.79 Å². The minimum Gasteiger partial charge on any atom is -0.482 e. The summed E-state index contributed by atoms with van der Waals surface area (Å²) in [5, 5.41) is 8.98. The van der Waals surface area contributed by atoms with Gasteiger partial charge in [-0.05, 0) is 18.2 Å². The van der Waals surface area contributed by atoms with E-state index in [2.05, 4.69) is 0 Å². The van der Waals surface area contributed by atoms with Crippen LogP contribution in [0, 0.1) is 0 Å². The molecule has 2 rings (SSSR count). The summed E-state index contributed by atoms with van der Waals surface area (Å²) in [5.41, 5.74) is 0.0712. The highest BCUT2D eigenvalue weighted by Gasteiger charge is 2.17. The maximum absolute atomic E-state index is 11.9. The van der Waals surface area contributed by atoms with E-state index >= 15 is 0 Å². The number of rotatable bonds is 4. The normalized spacial score (nSPS) is 14.9. The zero-order chi connectivity index (χ0) is 14.5. The zero-order valence-corrected chi connectivity index (χ0v) is 11.4. The molecule has 1 aliphatic rings. The van der Waals surface area contributed by atoms with Crippen molar-refractivity contribution in [2.24, 2.45) is 0 Å². The Morgan fingerprint density at radius 3 is 2.65 bits per heavy atom. The summed E-state index contributed by atoms with van der Waals surface area (Å²) in [6.45, 7) is 2.02. The van der Waals surface area contributed by atoms with E-state index in [1.165, 1.54) is 18.2 Å². The number of morpholine rings is 1. The van der Waals surface area contributed by atoms with Gasteiger partial charge in [-0.2, -0.15) is 0 Å². The molecule has 0 aromatic heterocycles. The van der Waals surface area contributed by atoms with E-state index in [0.717, 1.165) is 0 Å². The Hall–Kier alpha value is -1.79. The van der Waals surface area contributed by atoms with Gasteiger partial charge in [0, 0.05) is 13.1 Å². The minimum atomic E-state index is -1.07. The molecule has 0 atom stereocenters. The highest BCUT2D eigenvalue weighted by atomic mass is 35.5. The Balaban J connectivity index is 1.93. The Bertz CT molecular complexity index is 513. The summed E-state index contributed by atoms with van der Waals surface area (Å²) in [5.74, 6) is -0.923. The first-order valence-corrected chi connectivity index (χ1v) is 6.47. The third-order valence-corrected chi connectivity index (χ3v) is 3.19. The van der Waals surface area contributed by atoms with Crippen LogP contribution >= 0.6 is 11.6 Å². The van der Waals surface area contributed by atoms with Crippen molar-refractivity contribution in [3.8, 4) is 5.75 Å². The smallest absolute Gasteiger partial charge is 0.335 e. The number of ether oxygens (including phenoxy) is 2. The average Bonchev–Trinajstić information content (AvgIpc) is 2.46. The number of hydrogen-bond acceptors (Lipinski definition) is 4. The molecule has 1 N–H and O–H groups in total. The largest absolute Gasteiger partial charge is 0.482 e. The van der Waals surface area contributed by atoms with Crippen LogP contribution in [-0.4, -0.2) is 54.8 Å². The molecule has 1 aromatic rings. The zero-order valence-electron chi connectivity index (χ0n) is 10.7. The van der Waals surface area contributed by atoms with Crippen molar-refractivity contribution in [3.05, 3.63) is 28.8 Å². The van der Waals surface area contributed by atoms with Crippen molar-refractivity contribution in [1.82, 2.24) is 4.90 Å². The highest BCUT2D eigenvalue weighted by Crippen LogP contribution is 2.25. The molecule has 0 aliphatic carbocycles. The van der Waals surface area contributed by atoms with E-state index in [4.69, 9.17) is 26.2 Å². The van der Waals surface area contributed by atoms with E-state index in [0.29, 0.717) is 32.1 Å². The fourth-order valence-corrected chi connectivity index (χ4v) is 2.03. The van der Waals surface area contributed by atoms with Crippen LogP contribution in [0.3, 0.4) is 0 Å². The SMILES string of the molecule is O=C(O)c1ccc(OCC(=O)N2CCOCC2)c(Cl)c1. The Labute approximate surface area is 120 Å². The first-order chi connectivity index (χ1) is 9.58. The number of aromatic carboxylic acids is 1. The molecule has 1 aliphatic heterocycles. The second kappa shape index (κ2) is 6.58. The van der Waals surface area contributed by atoms with Gasteiger partial charge in [0.05, 0.1) is 23.8 Å². The summed E-state index contributed by atoms with van der Waals surface area (Å²) < 4.78 is 10.5. The van der Waals surface area contributed by atoms with Crippen LogP contribution in [0.4, 0.5) is 0 Å². The van der Waals surface area contributed by atoms with Gasteiger partial charge in [0.25, 0.3) is 5.91 Å². The lowest BCUT2D eigenvalue weighted by atomic mass is 10.2. The number of amides is 1. The summed E-state index contributed by atoms with van der Waals surface area (Å²) in [7, 11) is 0. The Morgan fingerprint density at radius 2 is 2.05 bits per heavy atom. The number of carbonyl (C=O) groups is 2. The van der Waals surface area contributed by atoms with Gasteiger partial charge in [-0.15, -0.1) is 0 Å². The molecule has 1 fully saturated rings. The fraction of sp³-hybridized carbons (Fsp3) is 0.385. The third-order valence-electron chi connectivity index (χ3n) is 2.89. The molecule has 108 valence electrons. The quantitative estimate of drug-likeness (QED) is 0.906. The number of benzene rings is 1. The van der Waals surface area contributed by atoms with Gasteiger partial charge in [0.15, 0.2) is 6.61 Å². The first-order valence-electron chi connectivity index (χ1n) is 6.09. The van der Waals surface area contributed by atoms with Gasteiger partial charge in [-0.25, -0.2) is 4.79 Å². The van der Waals surface area contributed by atoms with E-state index in [9.17, 15) is 9.59 Å². The molecular weight excluding hydrogens is 286 g/mol. The van der Waals surface area contributed by atoms with Crippen LogP contribution in [0.15, 0.2) is 18.2 Å². The summed E-state index contributed by atoms with van der Waals surface area (Å²) in [4.78, 5) is 24.3. The number of halogens is 1. The van der Waals surface area contributed by atoms with Gasteiger partial charge in [-0.1, -0.05) is 11.6 Å². The van der Waals surface area contributed by atoms with Gasteiger partial charge in [0.2, 0.25) is 0 Å². The van der Waals surface area contributed by atoms with E-state index in [1.807, 2.05) is 0 Å². The lowest BCUT2D eigenvalue weighted by Gasteiger charge is -2.26. The second-order valence-corrected chi connectivity index (χ2v) is 4.64. The van der Waals surface area contributed by atoms with Crippen molar-refractivity contribution in [2.45, 2.75) is 0 Å². The molecule has 6 nitrogen and oxygen atoms in total. The second-order valence-electron chi connectivity index (χ2n) is 4.23. The Kier molecular flexibility index (Phi) is 4.81. The lowest BCUT2D eigenvalue weighted by molar-refractivity contribution is -0.137. The van der Waals surface area contributed by atoms with Crippen LogP contribution in [-0.2, 0) is 9.53 Å². The maximum Gasteiger partial charge on any atom is 0.335 e. The van der Waals surface area contributed by atoms with Crippen LogP contribution in [0.5, 0.6) is 5.75 Å². The van der Waals surface area contributed by atoms with Crippen LogP contribution in [0.1, 0.15) is 10.4 Å². The number of carbonyl (C=O) groups excluding carboxylic acids is 1. The van der Waals surface area contributed by atoms with Crippen LogP contribution in [0.25, 0.3) is 0 Å². The number of nitrogens with zero attached hydrogens (tertiary/aromatic N) is 1. The van der Waals surface area contributed by atoms with Gasteiger partial charge in [0.1, 0.15) is 5.75 Å². The van der Waals surface area contributed by atoms with Crippen molar-refractivity contribution in [2.75, 3.05) is 32.9 Å². The molecule has 1 aromatic carbocycles. The number of carboxylic acid groups (broad SMARTS) is 1. The summed E-state index contributed by atoms with van der Waals surface area (Å²) in [6, 6.07) is 4.11. The van der Waals surface area contributed by atoms with Crippen molar-refractivity contribution < 1.29 is 24.2 Å². The lowest BCUT2D eigenvalue weighted by Crippen LogP contribution is -2.43. The molecule has 20 heavy (non-hydrogen) atoms. The summed E-state index contributed by atoms with van der Waals surface area (Å²) >= 11 is 5.91. The topological polar surface area (TPSA) is 76.1 Å². The van der Waals surface area contributed by atoms with E-state index in [1.54, 1.807) is 4.90 Å². The van der Waals surface area contributed by atoms with E-state index in [-0.39, 0.29) is 23.1 Å².